The van der Waals surface area contributed by atoms with Gasteiger partial charge in [-0.1, -0.05) is 33.0 Å². The standard InChI is InChI=1S/C10H20N2OS2/c1-6-12(7-2)9(14)15-11-8(13)10(3,4)5/h6-7H2,1-5H3,(H,11,13). The average molecular weight is 248 g/mol. The Morgan fingerprint density at radius 3 is 2.13 bits per heavy atom. The van der Waals surface area contributed by atoms with E-state index >= 15 is 0 Å². The van der Waals surface area contributed by atoms with Gasteiger partial charge in [0.25, 0.3) is 0 Å². The maximum Gasteiger partial charge on any atom is 0.235 e. The number of carbonyl (C=O) groups is 1. The number of hydrogen-bond acceptors (Lipinski definition) is 3. The van der Waals surface area contributed by atoms with Crippen molar-refractivity contribution in [1.29, 1.82) is 0 Å². The van der Waals surface area contributed by atoms with Crippen molar-refractivity contribution in [2.45, 2.75) is 34.6 Å². The van der Waals surface area contributed by atoms with E-state index in [2.05, 4.69) is 4.72 Å². The minimum Gasteiger partial charge on any atom is -0.357 e. The fourth-order valence-electron chi connectivity index (χ4n) is 0.789. The summed E-state index contributed by atoms with van der Waals surface area (Å²) in [6.45, 7) is 11.5. The Kier molecular flexibility index (Phi) is 6.20. The molecule has 0 aromatic rings. The van der Waals surface area contributed by atoms with Crippen LogP contribution in [0.15, 0.2) is 0 Å². The Balaban J connectivity index is 4.06. The normalized spacial score (nSPS) is 11.0. The van der Waals surface area contributed by atoms with Gasteiger partial charge in [0.15, 0.2) is 4.32 Å². The lowest BCUT2D eigenvalue weighted by Gasteiger charge is -2.22. The maximum absolute atomic E-state index is 11.6. The molecule has 3 nitrogen and oxygen atoms in total. The summed E-state index contributed by atoms with van der Waals surface area (Å²) >= 11 is 6.42. The molecule has 0 aromatic heterocycles. The molecule has 0 aliphatic rings. The second-order valence-electron chi connectivity index (χ2n) is 4.22. The maximum atomic E-state index is 11.6. The van der Waals surface area contributed by atoms with Crippen LogP contribution >= 0.6 is 24.2 Å². The Bertz CT molecular complexity index is 232. The van der Waals surface area contributed by atoms with E-state index in [-0.39, 0.29) is 11.3 Å². The molecule has 0 atom stereocenters. The van der Waals surface area contributed by atoms with Crippen LogP contribution in [0.3, 0.4) is 0 Å². The predicted octanol–water partition coefficient (Wildman–Crippen LogP) is 2.42. The summed E-state index contributed by atoms with van der Waals surface area (Å²) in [4.78, 5) is 13.6. The number of hydrogen-bond donors (Lipinski definition) is 1. The van der Waals surface area contributed by atoms with Gasteiger partial charge in [-0.25, -0.2) is 0 Å². The first kappa shape index (κ1) is 14.7. The third kappa shape index (κ3) is 5.37. The molecule has 0 unspecified atom stereocenters. The molecule has 1 N–H and O–H groups in total. The van der Waals surface area contributed by atoms with Gasteiger partial charge in [-0.2, -0.15) is 0 Å². The van der Waals surface area contributed by atoms with Gasteiger partial charge in [-0.3, -0.25) is 9.52 Å². The summed E-state index contributed by atoms with van der Waals surface area (Å²) in [6, 6.07) is 0. The molecule has 0 aliphatic carbocycles. The molecule has 15 heavy (non-hydrogen) atoms. The molecule has 0 aliphatic heterocycles. The Morgan fingerprint density at radius 2 is 1.80 bits per heavy atom. The highest BCUT2D eigenvalue weighted by molar-refractivity contribution is 8.21. The minimum atomic E-state index is -0.369. The topological polar surface area (TPSA) is 32.3 Å². The van der Waals surface area contributed by atoms with Crippen LogP contribution in [-0.2, 0) is 4.79 Å². The molecular weight excluding hydrogens is 228 g/mol. The molecule has 0 bridgehead atoms. The van der Waals surface area contributed by atoms with Gasteiger partial charge >= 0.3 is 0 Å². The van der Waals surface area contributed by atoms with Crippen molar-refractivity contribution >= 4 is 34.4 Å². The van der Waals surface area contributed by atoms with Crippen molar-refractivity contribution in [1.82, 2.24) is 9.62 Å². The monoisotopic (exact) mass is 248 g/mol. The van der Waals surface area contributed by atoms with Crippen molar-refractivity contribution < 1.29 is 4.79 Å². The fraction of sp³-hybridized carbons (Fsp3) is 0.800. The lowest BCUT2D eigenvalue weighted by Crippen LogP contribution is -2.34. The van der Waals surface area contributed by atoms with E-state index in [1.54, 1.807) is 0 Å². The van der Waals surface area contributed by atoms with Crippen LogP contribution < -0.4 is 4.72 Å². The van der Waals surface area contributed by atoms with Crippen molar-refractivity contribution in [3.8, 4) is 0 Å². The highest BCUT2D eigenvalue weighted by atomic mass is 32.2. The summed E-state index contributed by atoms with van der Waals surface area (Å²) in [5.41, 5.74) is -0.369. The first-order chi connectivity index (χ1) is 6.82. The lowest BCUT2D eigenvalue weighted by molar-refractivity contribution is -0.126. The van der Waals surface area contributed by atoms with Gasteiger partial charge in [-0.15, -0.1) is 0 Å². The Hall–Kier alpha value is -0.290. The first-order valence-electron chi connectivity index (χ1n) is 5.09. The lowest BCUT2D eigenvalue weighted by atomic mass is 9.96. The van der Waals surface area contributed by atoms with Crippen molar-refractivity contribution in [3.63, 3.8) is 0 Å². The summed E-state index contributed by atoms with van der Waals surface area (Å²) in [6.07, 6.45) is 0. The SMILES string of the molecule is CCN(CC)C(=S)SNC(=O)C(C)(C)C. The summed E-state index contributed by atoms with van der Waals surface area (Å²) in [7, 11) is 0. The van der Waals surface area contributed by atoms with E-state index in [0.29, 0.717) is 0 Å². The van der Waals surface area contributed by atoms with Crippen LogP contribution in [0.1, 0.15) is 34.6 Å². The second-order valence-corrected chi connectivity index (χ2v) is 5.66. The molecule has 0 radical (unpaired) electrons. The van der Waals surface area contributed by atoms with Crippen molar-refractivity contribution in [2.24, 2.45) is 5.41 Å². The van der Waals surface area contributed by atoms with Crippen LogP contribution in [0.25, 0.3) is 0 Å². The Labute approximate surface area is 102 Å². The largest absolute Gasteiger partial charge is 0.357 e. The van der Waals surface area contributed by atoms with Crippen LogP contribution in [0.5, 0.6) is 0 Å². The zero-order chi connectivity index (χ0) is 12.1. The predicted molar refractivity (Wildman–Crippen MR) is 70.7 cm³/mol. The highest BCUT2D eigenvalue weighted by Gasteiger charge is 2.21. The van der Waals surface area contributed by atoms with E-state index < -0.39 is 0 Å². The van der Waals surface area contributed by atoms with Crippen molar-refractivity contribution in [3.05, 3.63) is 0 Å². The molecule has 0 heterocycles. The molecular formula is C10H20N2OS2. The van der Waals surface area contributed by atoms with Crippen LogP contribution in [-0.4, -0.2) is 28.2 Å². The molecule has 0 rings (SSSR count). The number of rotatable bonds is 2. The van der Waals surface area contributed by atoms with Crippen molar-refractivity contribution in [2.75, 3.05) is 13.1 Å². The molecule has 0 saturated heterocycles. The van der Waals surface area contributed by atoms with Gasteiger partial charge < -0.3 is 4.90 Å². The average Bonchev–Trinajstić information content (AvgIpc) is 2.14. The number of nitrogens with one attached hydrogen (secondary N) is 1. The summed E-state index contributed by atoms with van der Waals surface area (Å²) in [5.74, 6) is 0.00186. The number of nitrogens with zero attached hydrogens (tertiary/aromatic N) is 1. The number of thiocarbonyl (C=S) groups is 1. The van der Waals surface area contributed by atoms with Gasteiger partial charge in [0.05, 0.1) is 0 Å². The van der Waals surface area contributed by atoms with E-state index in [4.69, 9.17) is 12.2 Å². The second kappa shape index (κ2) is 6.33. The zero-order valence-corrected chi connectivity index (χ0v) is 11.7. The van der Waals surface area contributed by atoms with Gasteiger partial charge in [0.1, 0.15) is 0 Å². The molecule has 0 spiro atoms. The highest BCUT2D eigenvalue weighted by Crippen LogP contribution is 2.15. The first-order valence-corrected chi connectivity index (χ1v) is 6.31. The summed E-state index contributed by atoms with van der Waals surface area (Å²) < 4.78 is 3.49. The van der Waals surface area contributed by atoms with Gasteiger partial charge in [0, 0.05) is 30.5 Å². The summed E-state index contributed by atoms with van der Waals surface area (Å²) in [5, 5.41) is 0. The van der Waals surface area contributed by atoms with E-state index in [0.717, 1.165) is 17.4 Å². The van der Waals surface area contributed by atoms with E-state index in [9.17, 15) is 4.79 Å². The molecule has 88 valence electrons. The fourth-order valence-corrected chi connectivity index (χ4v) is 2.05. The molecule has 0 saturated carbocycles. The van der Waals surface area contributed by atoms with E-state index in [1.807, 2.05) is 39.5 Å². The molecule has 5 heteroatoms. The van der Waals surface area contributed by atoms with Gasteiger partial charge in [0.2, 0.25) is 5.91 Å². The van der Waals surface area contributed by atoms with Crippen LogP contribution in [0.4, 0.5) is 0 Å². The van der Waals surface area contributed by atoms with Crippen LogP contribution in [0, 0.1) is 5.41 Å². The molecule has 1 amide bonds. The third-order valence-corrected chi connectivity index (χ3v) is 3.16. The third-order valence-electron chi connectivity index (χ3n) is 1.93. The number of amides is 1. The van der Waals surface area contributed by atoms with Gasteiger partial charge in [-0.05, 0) is 13.8 Å². The minimum absolute atomic E-state index is 0.00186. The quantitative estimate of drug-likeness (QED) is 0.601. The molecule has 0 fully saturated rings. The molecule has 0 aromatic carbocycles. The number of carbonyl (C=O) groups excluding carboxylic acids is 1. The zero-order valence-electron chi connectivity index (χ0n) is 10.1. The van der Waals surface area contributed by atoms with E-state index in [1.165, 1.54) is 11.9 Å². The van der Waals surface area contributed by atoms with Crippen LogP contribution in [0.2, 0.25) is 0 Å². The smallest absolute Gasteiger partial charge is 0.235 e. The Morgan fingerprint density at radius 1 is 1.33 bits per heavy atom.